The van der Waals surface area contributed by atoms with Gasteiger partial charge in [0.15, 0.2) is 5.13 Å². The molecule has 0 saturated heterocycles. The lowest BCUT2D eigenvalue weighted by Crippen LogP contribution is -2.09. The van der Waals surface area contributed by atoms with Crippen LogP contribution < -0.4 is 15.0 Å². The largest absolute Gasteiger partial charge is 0.497 e. The molecule has 0 spiro atoms. The first-order valence-electron chi connectivity index (χ1n) is 7.25. The standard InChI is InChI=1S/C16H21N3OS/c1-17-10-14-15(11-7-8-11)18-16(21-14)19(2)12-5-4-6-13(9-12)20-3/h4-6,9,11,17H,7-8,10H2,1-3H3. The summed E-state index contributed by atoms with van der Waals surface area (Å²) in [5.74, 6) is 1.55. The van der Waals surface area contributed by atoms with Gasteiger partial charge in [-0.05, 0) is 32.0 Å². The summed E-state index contributed by atoms with van der Waals surface area (Å²) in [6, 6.07) is 8.09. The average molecular weight is 303 g/mol. The maximum atomic E-state index is 5.30. The lowest BCUT2D eigenvalue weighted by atomic mass is 10.2. The molecule has 1 saturated carbocycles. The Morgan fingerprint density at radius 1 is 1.43 bits per heavy atom. The fraction of sp³-hybridized carbons (Fsp3) is 0.438. The average Bonchev–Trinajstić information content (AvgIpc) is 3.28. The molecular formula is C16H21N3OS. The quantitative estimate of drug-likeness (QED) is 0.886. The van der Waals surface area contributed by atoms with Crippen molar-refractivity contribution in [3.63, 3.8) is 0 Å². The molecule has 1 N–H and O–H groups in total. The predicted octanol–water partition coefficient (Wildman–Crippen LogP) is 3.52. The van der Waals surface area contributed by atoms with E-state index in [4.69, 9.17) is 9.72 Å². The molecule has 1 aliphatic rings. The van der Waals surface area contributed by atoms with Gasteiger partial charge in [0.25, 0.3) is 0 Å². The third-order valence-corrected chi connectivity index (χ3v) is 4.89. The van der Waals surface area contributed by atoms with Gasteiger partial charge in [0.05, 0.1) is 12.8 Å². The predicted molar refractivity (Wildman–Crippen MR) is 87.9 cm³/mol. The summed E-state index contributed by atoms with van der Waals surface area (Å²) in [4.78, 5) is 8.39. The molecule has 4 nitrogen and oxygen atoms in total. The minimum Gasteiger partial charge on any atom is -0.497 e. The van der Waals surface area contributed by atoms with E-state index in [1.54, 1.807) is 18.4 Å². The van der Waals surface area contributed by atoms with Gasteiger partial charge < -0.3 is 15.0 Å². The summed E-state index contributed by atoms with van der Waals surface area (Å²) < 4.78 is 5.30. The van der Waals surface area contributed by atoms with Crippen LogP contribution in [0.5, 0.6) is 5.75 Å². The van der Waals surface area contributed by atoms with E-state index in [-0.39, 0.29) is 0 Å². The van der Waals surface area contributed by atoms with E-state index < -0.39 is 0 Å². The van der Waals surface area contributed by atoms with Crippen LogP contribution in [-0.2, 0) is 6.54 Å². The van der Waals surface area contributed by atoms with Crippen molar-refractivity contribution < 1.29 is 4.74 Å². The first kappa shape index (κ1) is 14.4. The third-order valence-electron chi connectivity index (χ3n) is 3.75. The van der Waals surface area contributed by atoms with Crippen molar-refractivity contribution in [2.75, 3.05) is 26.1 Å². The van der Waals surface area contributed by atoms with Crippen molar-refractivity contribution in [2.45, 2.75) is 25.3 Å². The number of aromatic nitrogens is 1. The number of hydrogen-bond acceptors (Lipinski definition) is 5. The number of benzene rings is 1. The van der Waals surface area contributed by atoms with Gasteiger partial charge in [-0.15, -0.1) is 0 Å². The summed E-state index contributed by atoms with van der Waals surface area (Å²) in [5, 5.41) is 4.30. The van der Waals surface area contributed by atoms with E-state index in [2.05, 4.69) is 23.3 Å². The Labute approximate surface area is 129 Å². The second-order valence-electron chi connectivity index (χ2n) is 5.37. The first-order chi connectivity index (χ1) is 10.2. The molecule has 0 radical (unpaired) electrons. The van der Waals surface area contributed by atoms with Crippen LogP contribution in [0.1, 0.15) is 29.3 Å². The molecule has 1 fully saturated rings. The molecule has 2 aromatic rings. The van der Waals surface area contributed by atoms with Gasteiger partial charge in [0.2, 0.25) is 0 Å². The van der Waals surface area contributed by atoms with Gasteiger partial charge in [0.1, 0.15) is 5.75 Å². The topological polar surface area (TPSA) is 37.4 Å². The summed E-state index contributed by atoms with van der Waals surface area (Å²) in [7, 11) is 5.74. The highest BCUT2D eigenvalue weighted by molar-refractivity contribution is 7.15. The molecule has 0 atom stereocenters. The normalized spacial score (nSPS) is 14.2. The molecule has 5 heteroatoms. The number of methoxy groups -OCH3 is 1. The van der Waals surface area contributed by atoms with Crippen molar-refractivity contribution in [1.82, 2.24) is 10.3 Å². The SMILES string of the molecule is CNCc1sc(N(C)c2cccc(OC)c2)nc1C1CC1. The zero-order valence-electron chi connectivity index (χ0n) is 12.7. The molecule has 1 aromatic heterocycles. The van der Waals surface area contributed by atoms with Gasteiger partial charge in [0, 0.05) is 36.1 Å². The highest BCUT2D eigenvalue weighted by atomic mass is 32.1. The van der Waals surface area contributed by atoms with Gasteiger partial charge in [-0.2, -0.15) is 0 Å². The van der Waals surface area contributed by atoms with Crippen molar-refractivity contribution in [2.24, 2.45) is 0 Å². The van der Waals surface area contributed by atoms with Crippen LogP contribution in [0, 0.1) is 0 Å². The van der Waals surface area contributed by atoms with Crippen LogP contribution in [0.2, 0.25) is 0 Å². The van der Waals surface area contributed by atoms with Crippen LogP contribution in [0.3, 0.4) is 0 Å². The molecule has 1 heterocycles. The molecule has 1 aromatic carbocycles. The fourth-order valence-corrected chi connectivity index (χ4v) is 3.53. The molecule has 0 bridgehead atoms. The third kappa shape index (κ3) is 3.04. The van der Waals surface area contributed by atoms with Crippen molar-refractivity contribution >= 4 is 22.2 Å². The van der Waals surface area contributed by atoms with E-state index in [0.29, 0.717) is 5.92 Å². The number of thiazole rings is 1. The minimum absolute atomic E-state index is 0.678. The number of ether oxygens (including phenoxy) is 1. The number of nitrogens with one attached hydrogen (secondary N) is 1. The molecule has 21 heavy (non-hydrogen) atoms. The van der Waals surface area contributed by atoms with Crippen LogP contribution in [-0.4, -0.2) is 26.2 Å². The monoisotopic (exact) mass is 303 g/mol. The van der Waals surface area contributed by atoms with Crippen molar-refractivity contribution in [3.05, 3.63) is 34.8 Å². The summed E-state index contributed by atoms with van der Waals surface area (Å²) >= 11 is 1.78. The Balaban J connectivity index is 1.89. The Bertz CT molecular complexity index is 622. The van der Waals surface area contributed by atoms with Crippen LogP contribution >= 0.6 is 11.3 Å². The summed E-state index contributed by atoms with van der Waals surface area (Å²) in [5.41, 5.74) is 2.39. The van der Waals surface area contributed by atoms with Gasteiger partial charge in [-0.1, -0.05) is 17.4 Å². The first-order valence-corrected chi connectivity index (χ1v) is 8.06. The lowest BCUT2D eigenvalue weighted by molar-refractivity contribution is 0.415. The zero-order chi connectivity index (χ0) is 14.8. The van der Waals surface area contributed by atoms with Crippen LogP contribution in [0.15, 0.2) is 24.3 Å². The summed E-state index contributed by atoms with van der Waals surface area (Å²) in [6.45, 7) is 0.898. The summed E-state index contributed by atoms with van der Waals surface area (Å²) in [6.07, 6.45) is 2.56. The molecule has 3 rings (SSSR count). The number of hydrogen-bond donors (Lipinski definition) is 1. The Morgan fingerprint density at radius 2 is 2.24 bits per heavy atom. The van der Waals surface area contributed by atoms with E-state index in [1.165, 1.54) is 23.4 Å². The number of nitrogens with zero attached hydrogens (tertiary/aromatic N) is 2. The fourth-order valence-electron chi connectivity index (χ4n) is 2.39. The second kappa shape index (κ2) is 6.03. The maximum absolute atomic E-state index is 5.30. The van der Waals surface area contributed by atoms with E-state index in [9.17, 15) is 0 Å². The Kier molecular flexibility index (Phi) is 4.12. The molecular weight excluding hydrogens is 282 g/mol. The smallest absolute Gasteiger partial charge is 0.190 e. The van der Waals surface area contributed by atoms with E-state index in [1.807, 2.05) is 25.2 Å². The second-order valence-corrected chi connectivity index (χ2v) is 6.43. The maximum Gasteiger partial charge on any atom is 0.190 e. The van der Waals surface area contributed by atoms with Crippen LogP contribution in [0.25, 0.3) is 0 Å². The Hall–Kier alpha value is -1.59. The molecule has 112 valence electrons. The zero-order valence-corrected chi connectivity index (χ0v) is 13.5. The highest BCUT2D eigenvalue weighted by Crippen LogP contribution is 2.44. The van der Waals surface area contributed by atoms with Gasteiger partial charge >= 0.3 is 0 Å². The molecule has 1 aliphatic carbocycles. The number of rotatable bonds is 6. The van der Waals surface area contributed by atoms with E-state index in [0.717, 1.165) is 23.1 Å². The van der Waals surface area contributed by atoms with Crippen molar-refractivity contribution in [3.8, 4) is 5.75 Å². The van der Waals surface area contributed by atoms with Gasteiger partial charge in [-0.3, -0.25) is 0 Å². The molecule has 0 unspecified atom stereocenters. The Morgan fingerprint density at radius 3 is 2.90 bits per heavy atom. The van der Waals surface area contributed by atoms with Crippen molar-refractivity contribution in [1.29, 1.82) is 0 Å². The molecule has 0 aliphatic heterocycles. The lowest BCUT2D eigenvalue weighted by Gasteiger charge is -2.16. The molecule has 0 amide bonds. The van der Waals surface area contributed by atoms with Crippen LogP contribution in [0.4, 0.5) is 10.8 Å². The minimum atomic E-state index is 0.678. The highest BCUT2D eigenvalue weighted by Gasteiger charge is 2.30. The van der Waals surface area contributed by atoms with Gasteiger partial charge in [-0.25, -0.2) is 4.98 Å². The van der Waals surface area contributed by atoms with E-state index >= 15 is 0 Å². The number of anilines is 2.